The number of fused-ring (bicyclic) bond motifs is 2. The molecule has 2 aromatic heterocycles. The third-order valence-electron chi connectivity index (χ3n) is 6.07. The van der Waals surface area contributed by atoms with Crippen molar-refractivity contribution in [3.8, 4) is 0 Å². The summed E-state index contributed by atoms with van der Waals surface area (Å²) in [5.74, 6) is -1.82. The van der Waals surface area contributed by atoms with Crippen LogP contribution >= 0.6 is 0 Å². The molecule has 2 aliphatic heterocycles. The Bertz CT molecular complexity index is 997. The highest BCUT2D eigenvalue weighted by Crippen LogP contribution is 2.44. The Morgan fingerprint density at radius 3 is 2.68 bits per heavy atom. The number of halogens is 3. The van der Waals surface area contributed by atoms with E-state index in [-0.39, 0.29) is 18.9 Å². The molecule has 12 heteroatoms. The van der Waals surface area contributed by atoms with Gasteiger partial charge in [-0.2, -0.15) is 13.2 Å². The molecular formula is C19H22F3N5O4. The molecule has 2 saturated heterocycles. The van der Waals surface area contributed by atoms with Gasteiger partial charge in [-0.25, -0.2) is 15.0 Å². The summed E-state index contributed by atoms with van der Waals surface area (Å²) in [6.07, 6.45) is -2.82. The molecular weight excluding hydrogens is 419 g/mol. The number of nitrogens with zero attached hydrogens (tertiary/aromatic N) is 4. The summed E-state index contributed by atoms with van der Waals surface area (Å²) in [7, 11) is 0. The Hall–Kier alpha value is -2.31. The zero-order chi connectivity index (χ0) is 22.0. The maximum Gasteiger partial charge on any atom is 0.391 e. The first-order chi connectivity index (χ1) is 14.7. The molecule has 3 fully saturated rings. The van der Waals surface area contributed by atoms with Crippen molar-refractivity contribution in [2.75, 3.05) is 5.32 Å². The van der Waals surface area contributed by atoms with Crippen LogP contribution in [0, 0.1) is 5.92 Å². The van der Waals surface area contributed by atoms with E-state index in [4.69, 9.17) is 14.2 Å². The lowest BCUT2D eigenvalue weighted by Crippen LogP contribution is -2.30. The van der Waals surface area contributed by atoms with E-state index in [9.17, 15) is 18.0 Å². The third kappa shape index (κ3) is 3.56. The van der Waals surface area contributed by atoms with E-state index in [0.29, 0.717) is 29.7 Å². The fourth-order valence-electron chi connectivity index (χ4n) is 4.69. The lowest BCUT2D eigenvalue weighted by Gasteiger charge is -2.23. The quantitative estimate of drug-likeness (QED) is 0.723. The molecule has 3 aliphatic rings. The minimum Gasteiger partial charge on any atom is -0.365 e. The number of alkyl halides is 3. The van der Waals surface area contributed by atoms with Crippen molar-refractivity contribution in [2.24, 2.45) is 5.92 Å². The van der Waals surface area contributed by atoms with E-state index in [1.807, 2.05) is 0 Å². The molecule has 0 bridgehead atoms. The average molecular weight is 441 g/mol. The van der Waals surface area contributed by atoms with Crippen molar-refractivity contribution in [3.63, 3.8) is 0 Å². The zero-order valence-electron chi connectivity index (χ0n) is 16.9. The van der Waals surface area contributed by atoms with E-state index >= 15 is 0 Å². The summed E-state index contributed by atoms with van der Waals surface area (Å²) in [6.45, 7) is 3.52. The summed E-state index contributed by atoms with van der Waals surface area (Å²) in [6, 6.07) is -0.353. The van der Waals surface area contributed by atoms with Crippen LogP contribution in [0.15, 0.2) is 12.7 Å². The molecule has 9 nitrogen and oxygen atoms in total. The van der Waals surface area contributed by atoms with Crippen LogP contribution in [0.3, 0.4) is 0 Å². The molecule has 0 amide bonds. The summed E-state index contributed by atoms with van der Waals surface area (Å²) in [4.78, 5) is 24.3. The lowest BCUT2D eigenvalue weighted by molar-refractivity contribution is -0.194. The second-order valence-corrected chi connectivity index (χ2v) is 8.63. The summed E-state index contributed by atoms with van der Waals surface area (Å²) in [5, 5.41) is 3.09. The standard InChI is InChI=1S/C19H22F3N5O4/c1-18(2)30-13-11(6-28)29-17(14(13)31-18)27-8-25-12-15(23-7-24-16(12)27)26-10-4-3-9(5-10)19(20,21)22/h6-11,13-14,17H,3-5H2,1-2H3,(H,23,24,26)/t9?,10?,11-,13-,14+,17+/m0/s1. The molecule has 0 aromatic carbocycles. The summed E-state index contributed by atoms with van der Waals surface area (Å²) in [5.41, 5.74) is 0.831. The Morgan fingerprint density at radius 1 is 1.19 bits per heavy atom. The van der Waals surface area contributed by atoms with Gasteiger partial charge in [-0.15, -0.1) is 0 Å². The molecule has 6 atom stereocenters. The molecule has 1 saturated carbocycles. The van der Waals surface area contributed by atoms with Crippen molar-refractivity contribution in [2.45, 2.75) is 75.7 Å². The van der Waals surface area contributed by atoms with Crippen LogP contribution in [-0.2, 0) is 19.0 Å². The molecule has 1 N–H and O–H groups in total. The number of carbonyl (C=O) groups is 1. The van der Waals surface area contributed by atoms with Gasteiger partial charge >= 0.3 is 6.18 Å². The second-order valence-electron chi connectivity index (χ2n) is 8.63. The highest BCUT2D eigenvalue weighted by atomic mass is 19.4. The van der Waals surface area contributed by atoms with E-state index in [0.717, 1.165) is 0 Å². The number of aldehydes is 1. The van der Waals surface area contributed by atoms with E-state index in [2.05, 4.69) is 20.3 Å². The molecule has 0 spiro atoms. The van der Waals surface area contributed by atoms with Gasteiger partial charge in [-0.3, -0.25) is 4.57 Å². The zero-order valence-corrected chi connectivity index (χ0v) is 16.9. The smallest absolute Gasteiger partial charge is 0.365 e. The Labute approximate surface area is 175 Å². The van der Waals surface area contributed by atoms with E-state index in [1.54, 1.807) is 18.4 Å². The van der Waals surface area contributed by atoms with E-state index < -0.39 is 42.4 Å². The number of anilines is 1. The Kier molecular flexibility index (Phi) is 4.72. The molecule has 31 heavy (non-hydrogen) atoms. The van der Waals surface area contributed by atoms with Crippen molar-refractivity contribution in [1.82, 2.24) is 19.5 Å². The number of hydrogen-bond acceptors (Lipinski definition) is 8. The highest BCUT2D eigenvalue weighted by molar-refractivity contribution is 5.82. The van der Waals surface area contributed by atoms with Gasteiger partial charge in [-0.05, 0) is 33.1 Å². The van der Waals surface area contributed by atoms with Gasteiger partial charge in [-0.1, -0.05) is 0 Å². The average Bonchev–Trinajstić information content (AvgIpc) is 3.43. The second kappa shape index (κ2) is 7.10. The van der Waals surface area contributed by atoms with Crippen LogP contribution < -0.4 is 5.32 Å². The van der Waals surface area contributed by atoms with Gasteiger partial charge < -0.3 is 24.3 Å². The summed E-state index contributed by atoms with van der Waals surface area (Å²) < 4.78 is 58.2. The van der Waals surface area contributed by atoms with Crippen molar-refractivity contribution in [3.05, 3.63) is 12.7 Å². The number of imidazole rings is 1. The maximum absolute atomic E-state index is 13.0. The van der Waals surface area contributed by atoms with Crippen LogP contribution in [0.4, 0.5) is 19.0 Å². The van der Waals surface area contributed by atoms with Gasteiger partial charge in [0.05, 0.1) is 12.2 Å². The topological polar surface area (TPSA) is 100 Å². The molecule has 2 aromatic rings. The normalized spacial score (nSPS) is 34.9. The third-order valence-corrected chi connectivity index (χ3v) is 6.07. The molecule has 168 valence electrons. The highest BCUT2D eigenvalue weighted by Gasteiger charge is 2.56. The number of rotatable bonds is 4. The first-order valence-electron chi connectivity index (χ1n) is 10.1. The number of ether oxygens (including phenoxy) is 3. The van der Waals surface area contributed by atoms with Gasteiger partial charge in [0.2, 0.25) is 0 Å². The Morgan fingerprint density at radius 2 is 1.97 bits per heavy atom. The molecule has 1 aliphatic carbocycles. The number of aromatic nitrogens is 4. The van der Waals surface area contributed by atoms with Gasteiger partial charge in [0.1, 0.15) is 24.6 Å². The minimum absolute atomic E-state index is 0.00747. The van der Waals surface area contributed by atoms with Crippen LogP contribution in [-0.4, -0.2) is 62.1 Å². The predicted octanol–water partition coefficient (Wildman–Crippen LogP) is 2.59. The first-order valence-corrected chi connectivity index (χ1v) is 10.1. The maximum atomic E-state index is 13.0. The number of nitrogens with one attached hydrogen (secondary N) is 1. The monoisotopic (exact) mass is 441 g/mol. The summed E-state index contributed by atoms with van der Waals surface area (Å²) >= 11 is 0. The van der Waals surface area contributed by atoms with Crippen LogP contribution in [0.25, 0.3) is 11.2 Å². The van der Waals surface area contributed by atoms with Crippen LogP contribution in [0.5, 0.6) is 0 Å². The molecule has 0 radical (unpaired) electrons. The molecule has 4 heterocycles. The molecule has 2 unspecified atom stereocenters. The molecule has 5 rings (SSSR count). The fraction of sp³-hybridized carbons (Fsp3) is 0.684. The van der Waals surface area contributed by atoms with Gasteiger partial charge in [0.15, 0.2) is 35.3 Å². The van der Waals surface area contributed by atoms with Crippen molar-refractivity contribution in [1.29, 1.82) is 0 Å². The first kappa shape index (κ1) is 20.6. The van der Waals surface area contributed by atoms with Gasteiger partial charge in [0, 0.05) is 6.04 Å². The number of hydrogen-bond donors (Lipinski definition) is 1. The van der Waals surface area contributed by atoms with Crippen LogP contribution in [0.1, 0.15) is 39.3 Å². The van der Waals surface area contributed by atoms with Gasteiger partial charge in [0.25, 0.3) is 0 Å². The fourth-order valence-corrected chi connectivity index (χ4v) is 4.69. The van der Waals surface area contributed by atoms with Crippen molar-refractivity contribution >= 4 is 23.3 Å². The Balaban J connectivity index is 1.41. The SMILES string of the molecule is CC1(C)O[C@@H]2[C@@H](O1)[C@H](n1cnc3c(NC4CCC(C(F)(F)F)C4)ncnc31)O[C@H]2C=O. The lowest BCUT2D eigenvalue weighted by atomic mass is 10.1. The van der Waals surface area contributed by atoms with Crippen LogP contribution in [0.2, 0.25) is 0 Å². The largest absolute Gasteiger partial charge is 0.391 e. The number of carbonyl (C=O) groups excluding carboxylic acids is 1. The van der Waals surface area contributed by atoms with E-state index in [1.165, 1.54) is 12.7 Å². The van der Waals surface area contributed by atoms with Crippen molar-refractivity contribution < 1.29 is 32.2 Å². The predicted molar refractivity (Wildman–Crippen MR) is 99.9 cm³/mol. The minimum atomic E-state index is -4.19.